The fourth-order valence-electron chi connectivity index (χ4n) is 3.04. The second-order valence-electron chi connectivity index (χ2n) is 6.46. The monoisotopic (exact) mass is 351 g/mol. The van der Waals surface area contributed by atoms with Gasteiger partial charge in [0.2, 0.25) is 0 Å². The molecular formula is C18H20F3N3O. The lowest BCUT2D eigenvalue weighted by Crippen LogP contribution is -2.37. The lowest BCUT2D eigenvalue weighted by Gasteiger charge is -2.29. The first-order valence-corrected chi connectivity index (χ1v) is 8.08. The molecule has 2 aliphatic rings. The van der Waals surface area contributed by atoms with Gasteiger partial charge in [0.15, 0.2) is 0 Å². The van der Waals surface area contributed by atoms with Crippen molar-refractivity contribution in [1.82, 2.24) is 5.43 Å². The number of hydrazine groups is 1. The number of benzene rings is 1. The van der Waals surface area contributed by atoms with Gasteiger partial charge in [0.25, 0.3) is 0 Å². The highest BCUT2D eigenvalue weighted by molar-refractivity contribution is 6.00. The first-order chi connectivity index (χ1) is 11.8. The molecule has 1 heterocycles. The van der Waals surface area contributed by atoms with E-state index in [2.05, 4.69) is 34.7 Å². The van der Waals surface area contributed by atoms with Gasteiger partial charge in [-0.2, -0.15) is 0 Å². The Morgan fingerprint density at radius 1 is 1.32 bits per heavy atom. The molecule has 1 unspecified atom stereocenters. The smallest absolute Gasteiger partial charge is 0.406 e. The first kappa shape index (κ1) is 17.4. The Hall–Kier alpha value is -2.44. The molecule has 0 aromatic heterocycles. The molecule has 3 rings (SSSR count). The van der Waals surface area contributed by atoms with Crippen LogP contribution < -0.4 is 15.2 Å². The van der Waals surface area contributed by atoms with E-state index in [0.717, 1.165) is 36.4 Å². The Morgan fingerprint density at radius 3 is 2.68 bits per heavy atom. The molecule has 1 N–H and O–H groups in total. The maximum absolute atomic E-state index is 12.2. The van der Waals surface area contributed by atoms with Crippen LogP contribution >= 0.6 is 0 Å². The van der Waals surface area contributed by atoms with Crippen molar-refractivity contribution in [1.29, 1.82) is 0 Å². The maximum atomic E-state index is 12.2. The van der Waals surface area contributed by atoms with Gasteiger partial charge in [0.1, 0.15) is 18.3 Å². The van der Waals surface area contributed by atoms with Crippen molar-refractivity contribution in [2.24, 2.45) is 10.4 Å². The average Bonchev–Trinajstić information content (AvgIpc) is 3.04. The normalized spacial score (nSPS) is 23.6. The van der Waals surface area contributed by atoms with E-state index in [1.54, 1.807) is 17.1 Å². The Labute approximate surface area is 144 Å². The van der Waals surface area contributed by atoms with Crippen LogP contribution in [-0.4, -0.2) is 18.9 Å². The number of hydrogen-bond donors (Lipinski definition) is 1. The molecule has 25 heavy (non-hydrogen) atoms. The number of anilines is 1. The summed E-state index contributed by atoms with van der Waals surface area (Å²) < 4.78 is 40.5. The molecule has 4 nitrogen and oxygen atoms in total. The number of amidine groups is 1. The number of aliphatic imine (C=N–C) groups is 1. The molecule has 1 aromatic rings. The highest BCUT2D eigenvalue weighted by atomic mass is 19.4. The zero-order chi connectivity index (χ0) is 18.1. The van der Waals surface area contributed by atoms with Crippen molar-refractivity contribution in [3.05, 3.63) is 48.6 Å². The van der Waals surface area contributed by atoms with Crippen LogP contribution in [-0.2, 0) is 0 Å². The average molecular weight is 351 g/mol. The van der Waals surface area contributed by atoms with Gasteiger partial charge < -0.3 is 4.74 Å². The summed E-state index contributed by atoms with van der Waals surface area (Å²) >= 11 is 0. The van der Waals surface area contributed by atoms with Crippen molar-refractivity contribution >= 4 is 11.5 Å². The number of rotatable bonds is 4. The molecule has 0 bridgehead atoms. The van der Waals surface area contributed by atoms with Gasteiger partial charge >= 0.3 is 6.36 Å². The number of nitrogens with zero attached hydrogens (tertiary/aromatic N) is 2. The van der Waals surface area contributed by atoms with Crippen LogP contribution in [0.5, 0.6) is 5.75 Å². The molecule has 0 spiro atoms. The largest absolute Gasteiger partial charge is 0.573 e. The molecular weight excluding hydrogens is 331 g/mol. The molecule has 0 radical (unpaired) electrons. The molecule has 7 heteroatoms. The highest BCUT2D eigenvalue weighted by Crippen LogP contribution is 2.35. The van der Waals surface area contributed by atoms with Crippen LogP contribution in [0.1, 0.15) is 26.2 Å². The Bertz CT molecular complexity index is 709. The summed E-state index contributed by atoms with van der Waals surface area (Å²) in [4.78, 5) is 4.52. The van der Waals surface area contributed by atoms with E-state index in [4.69, 9.17) is 0 Å². The van der Waals surface area contributed by atoms with E-state index < -0.39 is 6.36 Å². The van der Waals surface area contributed by atoms with E-state index in [1.807, 2.05) is 6.08 Å². The Kier molecular flexibility index (Phi) is 4.49. The SMILES string of the molecule is C=CC1(C)C=C(C2=NCN(c3ccc(OC(F)(F)F)cc3)N2)CCC1. The van der Waals surface area contributed by atoms with E-state index in [0.29, 0.717) is 6.67 Å². The first-order valence-electron chi connectivity index (χ1n) is 8.08. The number of ether oxygens (including phenoxy) is 1. The lowest BCUT2D eigenvalue weighted by molar-refractivity contribution is -0.274. The van der Waals surface area contributed by atoms with Crippen LogP contribution in [0.25, 0.3) is 0 Å². The third-order valence-electron chi connectivity index (χ3n) is 4.43. The van der Waals surface area contributed by atoms with Crippen molar-refractivity contribution in [3.63, 3.8) is 0 Å². The second-order valence-corrected chi connectivity index (χ2v) is 6.46. The predicted molar refractivity (Wildman–Crippen MR) is 91.3 cm³/mol. The zero-order valence-corrected chi connectivity index (χ0v) is 13.9. The molecule has 1 aromatic carbocycles. The molecule has 1 aliphatic heterocycles. The van der Waals surface area contributed by atoms with Crippen LogP contribution in [0.3, 0.4) is 0 Å². The van der Waals surface area contributed by atoms with Crippen molar-refractivity contribution in [2.75, 3.05) is 11.7 Å². The summed E-state index contributed by atoms with van der Waals surface area (Å²) in [5.74, 6) is 0.566. The minimum atomic E-state index is -4.69. The van der Waals surface area contributed by atoms with Crippen molar-refractivity contribution < 1.29 is 17.9 Å². The van der Waals surface area contributed by atoms with Gasteiger partial charge in [-0.05, 0) is 49.1 Å². The number of allylic oxidation sites excluding steroid dienone is 2. The second kappa shape index (κ2) is 6.46. The summed E-state index contributed by atoms with van der Waals surface area (Å²) in [6, 6.07) is 5.71. The lowest BCUT2D eigenvalue weighted by atomic mass is 9.78. The summed E-state index contributed by atoms with van der Waals surface area (Å²) in [6.45, 7) is 6.45. The topological polar surface area (TPSA) is 36.9 Å². The number of halogens is 3. The van der Waals surface area contributed by atoms with E-state index in [1.165, 1.54) is 12.1 Å². The van der Waals surface area contributed by atoms with Crippen LogP contribution in [0, 0.1) is 5.41 Å². The fourth-order valence-corrected chi connectivity index (χ4v) is 3.04. The minimum Gasteiger partial charge on any atom is -0.406 e. The van der Waals surface area contributed by atoms with Gasteiger partial charge in [0, 0.05) is 5.41 Å². The van der Waals surface area contributed by atoms with E-state index in [-0.39, 0.29) is 11.2 Å². The van der Waals surface area contributed by atoms with Crippen LogP contribution in [0.4, 0.5) is 18.9 Å². The van der Waals surface area contributed by atoms with Crippen LogP contribution in [0.2, 0.25) is 0 Å². The molecule has 0 fully saturated rings. The van der Waals surface area contributed by atoms with Crippen molar-refractivity contribution in [2.45, 2.75) is 32.5 Å². The third kappa shape index (κ3) is 4.15. The molecule has 134 valence electrons. The van der Waals surface area contributed by atoms with E-state index >= 15 is 0 Å². The molecule has 1 atom stereocenters. The minimum absolute atomic E-state index is 0.0260. The summed E-state index contributed by atoms with van der Waals surface area (Å²) in [7, 11) is 0. The molecule has 1 aliphatic carbocycles. The number of alkyl halides is 3. The van der Waals surface area contributed by atoms with Gasteiger partial charge in [-0.25, -0.2) is 4.99 Å². The number of hydrogen-bond acceptors (Lipinski definition) is 4. The van der Waals surface area contributed by atoms with Crippen molar-refractivity contribution in [3.8, 4) is 5.75 Å². The van der Waals surface area contributed by atoms with Gasteiger partial charge in [-0.15, -0.1) is 19.8 Å². The van der Waals surface area contributed by atoms with Gasteiger partial charge in [-0.3, -0.25) is 10.4 Å². The van der Waals surface area contributed by atoms with Gasteiger partial charge in [-0.1, -0.05) is 19.1 Å². The Balaban J connectivity index is 1.67. The number of nitrogens with one attached hydrogen (secondary N) is 1. The third-order valence-corrected chi connectivity index (χ3v) is 4.43. The standard InChI is InChI=1S/C18H20F3N3O/c1-3-17(2)10-4-5-13(11-17)16-22-12-24(23-16)14-6-8-15(9-7-14)25-18(19,20)21/h3,6-9,11H,1,4-5,10,12H2,2H3,(H,22,23). The molecule has 0 saturated heterocycles. The fraction of sp³-hybridized carbons (Fsp3) is 0.389. The van der Waals surface area contributed by atoms with Crippen LogP contribution in [0.15, 0.2) is 53.6 Å². The molecule has 0 amide bonds. The van der Waals surface area contributed by atoms with Gasteiger partial charge in [0.05, 0.1) is 5.69 Å². The van der Waals surface area contributed by atoms with E-state index in [9.17, 15) is 13.2 Å². The predicted octanol–water partition coefficient (Wildman–Crippen LogP) is 4.57. The summed E-state index contributed by atoms with van der Waals surface area (Å²) in [6.07, 6.45) is 2.55. The summed E-state index contributed by atoms with van der Waals surface area (Å²) in [5, 5.41) is 1.79. The highest BCUT2D eigenvalue weighted by Gasteiger charge is 2.31. The quantitative estimate of drug-likeness (QED) is 0.808. The summed E-state index contributed by atoms with van der Waals surface area (Å²) in [5.41, 5.74) is 5.06. The molecule has 0 saturated carbocycles. The zero-order valence-electron chi connectivity index (χ0n) is 13.9. The Morgan fingerprint density at radius 2 is 2.04 bits per heavy atom. The maximum Gasteiger partial charge on any atom is 0.573 e.